The van der Waals surface area contributed by atoms with Crippen molar-refractivity contribution in [3.63, 3.8) is 0 Å². The monoisotopic (exact) mass is 165 g/mol. The Hall–Kier alpha value is -1.38. The van der Waals surface area contributed by atoms with Crippen LogP contribution in [0.25, 0.3) is 0 Å². The average Bonchev–Trinajstić information content (AvgIpc) is 2.46. The van der Waals surface area contributed by atoms with Crippen molar-refractivity contribution in [2.45, 2.75) is 12.8 Å². The van der Waals surface area contributed by atoms with Crippen molar-refractivity contribution in [1.29, 1.82) is 0 Å². The molecule has 1 aliphatic carbocycles. The lowest BCUT2D eigenvalue weighted by molar-refractivity contribution is 0.318. The van der Waals surface area contributed by atoms with Crippen molar-refractivity contribution in [2.24, 2.45) is 5.16 Å². The number of hydrogen-bond donors (Lipinski definition) is 1. The first-order valence-electron chi connectivity index (χ1n) is 3.81. The number of aryl methyl sites for hydroxylation is 1. The zero-order valence-electron chi connectivity index (χ0n) is 6.42. The summed E-state index contributed by atoms with van der Waals surface area (Å²) in [6.45, 7) is 0. The first kappa shape index (κ1) is 7.28. The van der Waals surface area contributed by atoms with Crippen molar-refractivity contribution < 1.29 is 9.60 Å². The second kappa shape index (κ2) is 2.59. The number of rotatable bonds is 0. The predicted molar refractivity (Wildman–Crippen MR) is 43.0 cm³/mol. The van der Waals surface area contributed by atoms with Crippen LogP contribution in [0.15, 0.2) is 23.4 Å². The lowest BCUT2D eigenvalue weighted by atomic mass is 10.1. The zero-order chi connectivity index (χ0) is 8.55. The minimum absolute atomic E-state index is 0.281. The molecule has 0 aromatic heterocycles. The van der Waals surface area contributed by atoms with Gasteiger partial charge in [-0.15, -0.1) is 0 Å². The third kappa shape index (κ3) is 0.978. The van der Waals surface area contributed by atoms with Gasteiger partial charge in [-0.25, -0.2) is 4.39 Å². The summed E-state index contributed by atoms with van der Waals surface area (Å²) in [4.78, 5) is 0. The van der Waals surface area contributed by atoms with Crippen LogP contribution in [0, 0.1) is 5.82 Å². The molecule has 2 rings (SSSR count). The van der Waals surface area contributed by atoms with E-state index in [-0.39, 0.29) is 5.82 Å². The van der Waals surface area contributed by atoms with E-state index in [2.05, 4.69) is 5.16 Å². The largest absolute Gasteiger partial charge is 0.411 e. The minimum Gasteiger partial charge on any atom is -0.411 e. The predicted octanol–water partition coefficient (Wildman–Crippen LogP) is 1.95. The maximum Gasteiger partial charge on any atom is 0.123 e. The van der Waals surface area contributed by atoms with Gasteiger partial charge in [0, 0.05) is 5.56 Å². The summed E-state index contributed by atoms with van der Waals surface area (Å²) >= 11 is 0. The van der Waals surface area contributed by atoms with Gasteiger partial charge in [0.15, 0.2) is 0 Å². The van der Waals surface area contributed by atoms with Gasteiger partial charge in [0.2, 0.25) is 0 Å². The summed E-state index contributed by atoms with van der Waals surface area (Å²) in [5.74, 6) is -0.281. The quantitative estimate of drug-likeness (QED) is 0.462. The number of oxime groups is 1. The highest BCUT2D eigenvalue weighted by Gasteiger charge is 2.18. The van der Waals surface area contributed by atoms with Gasteiger partial charge in [0.1, 0.15) is 5.82 Å². The van der Waals surface area contributed by atoms with Crippen molar-refractivity contribution in [1.82, 2.24) is 0 Å². The van der Waals surface area contributed by atoms with E-state index in [4.69, 9.17) is 5.21 Å². The Morgan fingerprint density at radius 2 is 2.17 bits per heavy atom. The molecule has 1 aromatic carbocycles. The number of halogens is 1. The third-order valence-corrected chi connectivity index (χ3v) is 2.13. The normalized spacial score (nSPS) is 18.2. The van der Waals surface area contributed by atoms with E-state index in [1.165, 1.54) is 12.1 Å². The van der Waals surface area contributed by atoms with E-state index in [0.29, 0.717) is 12.1 Å². The van der Waals surface area contributed by atoms with E-state index >= 15 is 0 Å². The molecule has 0 aliphatic heterocycles. The standard InChI is InChI=1S/C9H8FNO/c10-7-3-1-6-2-4-9(11-12)8(6)5-7/h1,3,5,12H,2,4H2/b11-9+. The molecule has 1 aliphatic rings. The molecule has 0 spiro atoms. The average molecular weight is 165 g/mol. The molecule has 1 N–H and O–H groups in total. The summed E-state index contributed by atoms with van der Waals surface area (Å²) in [6, 6.07) is 4.58. The summed E-state index contributed by atoms with van der Waals surface area (Å²) in [5, 5.41) is 11.7. The van der Waals surface area contributed by atoms with Gasteiger partial charge < -0.3 is 5.21 Å². The van der Waals surface area contributed by atoms with Gasteiger partial charge in [-0.1, -0.05) is 11.2 Å². The van der Waals surface area contributed by atoms with Crippen LogP contribution >= 0.6 is 0 Å². The molecule has 0 saturated carbocycles. The number of fused-ring (bicyclic) bond motifs is 1. The zero-order valence-corrected chi connectivity index (χ0v) is 6.42. The lowest BCUT2D eigenvalue weighted by Crippen LogP contribution is -1.94. The van der Waals surface area contributed by atoms with Gasteiger partial charge >= 0.3 is 0 Å². The Bertz CT molecular complexity index is 346. The molecule has 0 unspecified atom stereocenters. The molecular formula is C9H8FNO. The lowest BCUT2D eigenvalue weighted by Gasteiger charge is -1.97. The number of benzene rings is 1. The highest BCUT2D eigenvalue weighted by Crippen LogP contribution is 2.22. The second-order valence-corrected chi connectivity index (χ2v) is 2.85. The molecule has 0 amide bonds. The van der Waals surface area contributed by atoms with Gasteiger partial charge in [0.25, 0.3) is 0 Å². The molecule has 0 heterocycles. The topological polar surface area (TPSA) is 32.6 Å². The van der Waals surface area contributed by atoms with Crippen molar-refractivity contribution in [3.05, 3.63) is 35.1 Å². The van der Waals surface area contributed by atoms with Crippen LogP contribution in [0.4, 0.5) is 4.39 Å². The molecule has 0 bridgehead atoms. The summed E-state index contributed by atoms with van der Waals surface area (Å²) < 4.78 is 12.7. The smallest absolute Gasteiger partial charge is 0.123 e. The number of hydrogen-bond acceptors (Lipinski definition) is 2. The van der Waals surface area contributed by atoms with Crippen LogP contribution < -0.4 is 0 Å². The van der Waals surface area contributed by atoms with Crippen LogP contribution in [0.1, 0.15) is 17.5 Å². The Morgan fingerprint density at radius 3 is 2.92 bits per heavy atom. The van der Waals surface area contributed by atoms with Gasteiger partial charge in [-0.2, -0.15) is 0 Å². The molecule has 0 atom stereocenters. The van der Waals surface area contributed by atoms with Crippen molar-refractivity contribution >= 4 is 5.71 Å². The van der Waals surface area contributed by atoms with Gasteiger partial charge in [-0.3, -0.25) is 0 Å². The molecular weight excluding hydrogens is 157 g/mol. The van der Waals surface area contributed by atoms with Gasteiger partial charge in [-0.05, 0) is 30.5 Å². The maximum atomic E-state index is 12.7. The van der Waals surface area contributed by atoms with Crippen LogP contribution in [0.3, 0.4) is 0 Å². The number of nitrogens with zero attached hydrogens (tertiary/aromatic N) is 1. The van der Waals surface area contributed by atoms with Crippen LogP contribution in [0.2, 0.25) is 0 Å². The second-order valence-electron chi connectivity index (χ2n) is 2.85. The van der Waals surface area contributed by atoms with E-state index in [1.54, 1.807) is 6.07 Å². The molecule has 1 aromatic rings. The molecule has 2 nitrogen and oxygen atoms in total. The van der Waals surface area contributed by atoms with E-state index in [9.17, 15) is 4.39 Å². The molecule has 62 valence electrons. The van der Waals surface area contributed by atoms with E-state index < -0.39 is 0 Å². The van der Waals surface area contributed by atoms with E-state index in [1.807, 2.05) is 0 Å². The maximum absolute atomic E-state index is 12.7. The van der Waals surface area contributed by atoms with Crippen LogP contribution in [-0.2, 0) is 6.42 Å². The van der Waals surface area contributed by atoms with Gasteiger partial charge in [0.05, 0.1) is 5.71 Å². The Morgan fingerprint density at radius 1 is 1.33 bits per heavy atom. The third-order valence-electron chi connectivity index (χ3n) is 2.13. The Labute approximate surface area is 69.3 Å². The fourth-order valence-corrected chi connectivity index (χ4v) is 1.53. The highest BCUT2D eigenvalue weighted by molar-refractivity contribution is 6.04. The van der Waals surface area contributed by atoms with Crippen LogP contribution in [0.5, 0.6) is 0 Å². The Kier molecular flexibility index (Phi) is 1.57. The molecule has 3 heteroatoms. The molecule has 0 fully saturated rings. The Balaban J connectivity index is 2.57. The fourth-order valence-electron chi connectivity index (χ4n) is 1.53. The molecule has 12 heavy (non-hydrogen) atoms. The summed E-state index contributed by atoms with van der Waals surface area (Å²) in [7, 11) is 0. The molecule has 0 radical (unpaired) electrons. The molecule has 0 saturated heterocycles. The summed E-state index contributed by atoms with van der Waals surface area (Å²) in [5.41, 5.74) is 2.39. The van der Waals surface area contributed by atoms with Crippen LogP contribution in [-0.4, -0.2) is 10.9 Å². The summed E-state index contributed by atoms with van der Waals surface area (Å²) in [6.07, 6.45) is 1.55. The minimum atomic E-state index is -0.281. The highest BCUT2D eigenvalue weighted by atomic mass is 19.1. The van der Waals surface area contributed by atoms with Crippen molar-refractivity contribution in [2.75, 3.05) is 0 Å². The first-order chi connectivity index (χ1) is 5.81. The fraction of sp³-hybridized carbons (Fsp3) is 0.222. The first-order valence-corrected chi connectivity index (χ1v) is 3.81. The SMILES string of the molecule is O/N=C1\CCc2ccc(F)cc21. The van der Waals surface area contributed by atoms with E-state index in [0.717, 1.165) is 17.5 Å². The van der Waals surface area contributed by atoms with Crippen molar-refractivity contribution in [3.8, 4) is 0 Å².